The summed E-state index contributed by atoms with van der Waals surface area (Å²) < 4.78 is 1.84. The van der Waals surface area contributed by atoms with Crippen molar-refractivity contribution in [2.24, 2.45) is 5.92 Å². The van der Waals surface area contributed by atoms with Crippen LogP contribution in [-0.4, -0.2) is 38.1 Å². The minimum Gasteiger partial charge on any atom is -0.340 e. The van der Waals surface area contributed by atoms with E-state index in [0.29, 0.717) is 23.1 Å². The predicted molar refractivity (Wildman–Crippen MR) is 117 cm³/mol. The minimum absolute atomic E-state index is 0.0296. The molecule has 1 fully saturated rings. The van der Waals surface area contributed by atoms with Gasteiger partial charge in [0.2, 0.25) is 5.91 Å². The van der Waals surface area contributed by atoms with Crippen LogP contribution in [0.3, 0.4) is 0 Å². The number of hydrogen-bond acceptors (Lipinski definition) is 5. The van der Waals surface area contributed by atoms with Gasteiger partial charge < -0.3 is 10.6 Å². The Bertz CT molecular complexity index is 1060. The van der Waals surface area contributed by atoms with E-state index in [-0.39, 0.29) is 17.7 Å². The predicted octanol–water partition coefficient (Wildman–Crippen LogP) is 3.46. The largest absolute Gasteiger partial charge is 0.340 e. The first-order chi connectivity index (χ1) is 15.1. The summed E-state index contributed by atoms with van der Waals surface area (Å²) in [7, 11) is 0. The second kappa shape index (κ2) is 9.07. The number of nitrogens with zero attached hydrogens (tertiary/aromatic N) is 4. The van der Waals surface area contributed by atoms with E-state index in [2.05, 4.69) is 26.2 Å². The number of nitrogens with one attached hydrogen (secondary N) is 2. The van der Waals surface area contributed by atoms with E-state index in [9.17, 15) is 9.59 Å². The average molecular weight is 419 g/mol. The molecular weight excluding hydrogens is 392 g/mol. The molecule has 0 radical (unpaired) electrons. The fraction of sp³-hybridized carbons (Fsp3) is 0.348. The van der Waals surface area contributed by atoms with Crippen molar-refractivity contribution in [3.8, 4) is 11.4 Å². The summed E-state index contributed by atoms with van der Waals surface area (Å²) in [4.78, 5) is 25.7. The number of anilines is 1. The molecule has 0 spiro atoms. The second-order valence-corrected chi connectivity index (χ2v) is 7.95. The van der Waals surface area contributed by atoms with Gasteiger partial charge in [0.1, 0.15) is 6.04 Å². The topological polar surface area (TPSA) is 102 Å². The summed E-state index contributed by atoms with van der Waals surface area (Å²) in [6.45, 7) is 3.95. The van der Waals surface area contributed by atoms with Gasteiger partial charge in [-0.15, -0.1) is 5.10 Å². The molecule has 0 aliphatic heterocycles. The quantitative estimate of drug-likeness (QED) is 0.583. The van der Waals surface area contributed by atoms with Crippen molar-refractivity contribution >= 4 is 17.5 Å². The number of carbonyl (C=O) groups is 2. The summed E-state index contributed by atoms with van der Waals surface area (Å²) in [5.41, 5.74) is 2.00. The van der Waals surface area contributed by atoms with Crippen molar-refractivity contribution in [1.82, 2.24) is 25.5 Å². The number of tetrazole rings is 1. The molecule has 0 bridgehead atoms. The SMILES string of the molecule is CCC(C)C(NC(=O)c1ccccc1)C(=O)Nc1cccc(-c2nnnn2C2CC2)c1. The van der Waals surface area contributed by atoms with Crippen LogP contribution in [0.25, 0.3) is 11.4 Å². The Morgan fingerprint density at radius 3 is 2.61 bits per heavy atom. The zero-order chi connectivity index (χ0) is 21.8. The van der Waals surface area contributed by atoms with Gasteiger partial charge in [-0.05, 0) is 53.5 Å². The Hall–Kier alpha value is -3.55. The standard InChI is InChI=1S/C23H26N6O2/c1-3-15(2)20(25-22(30)16-8-5-4-6-9-16)23(31)24-18-11-7-10-17(14-18)21-26-27-28-29(21)19-12-13-19/h4-11,14-15,19-20H,3,12-13H2,1-2H3,(H,24,31)(H,25,30). The third kappa shape index (κ3) is 4.79. The molecule has 1 saturated carbocycles. The molecule has 1 aromatic heterocycles. The molecule has 8 heteroatoms. The van der Waals surface area contributed by atoms with Gasteiger partial charge in [0.15, 0.2) is 5.82 Å². The van der Waals surface area contributed by atoms with Gasteiger partial charge >= 0.3 is 0 Å². The van der Waals surface area contributed by atoms with Crippen molar-refractivity contribution in [3.05, 3.63) is 60.2 Å². The number of hydrogen-bond donors (Lipinski definition) is 2. The third-order valence-electron chi connectivity index (χ3n) is 5.59. The normalized spacial score (nSPS) is 15.2. The van der Waals surface area contributed by atoms with Gasteiger partial charge in [-0.1, -0.05) is 50.6 Å². The molecule has 1 aliphatic rings. The van der Waals surface area contributed by atoms with E-state index in [1.807, 2.05) is 48.9 Å². The van der Waals surface area contributed by atoms with Crippen LogP contribution in [0.4, 0.5) is 5.69 Å². The van der Waals surface area contributed by atoms with Crippen molar-refractivity contribution in [3.63, 3.8) is 0 Å². The molecule has 1 heterocycles. The lowest BCUT2D eigenvalue weighted by molar-refractivity contribution is -0.119. The van der Waals surface area contributed by atoms with Crippen LogP contribution in [0.2, 0.25) is 0 Å². The first-order valence-corrected chi connectivity index (χ1v) is 10.6. The lowest BCUT2D eigenvalue weighted by Gasteiger charge is -2.23. The van der Waals surface area contributed by atoms with Crippen molar-refractivity contribution in [2.75, 3.05) is 5.32 Å². The highest BCUT2D eigenvalue weighted by Crippen LogP contribution is 2.36. The average Bonchev–Trinajstić information content (AvgIpc) is 3.53. The highest BCUT2D eigenvalue weighted by molar-refractivity contribution is 6.01. The molecule has 8 nitrogen and oxygen atoms in total. The molecule has 2 unspecified atom stereocenters. The molecular formula is C23H26N6O2. The molecule has 31 heavy (non-hydrogen) atoms. The summed E-state index contributed by atoms with van der Waals surface area (Å²) in [5, 5.41) is 17.9. The Kier molecular flexibility index (Phi) is 6.06. The molecule has 3 aromatic rings. The summed E-state index contributed by atoms with van der Waals surface area (Å²) in [6.07, 6.45) is 2.90. The van der Waals surface area contributed by atoms with Crippen LogP contribution in [-0.2, 0) is 4.79 Å². The molecule has 2 aromatic carbocycles. The Morgan fingerprint density at radius 1 is 1.13 bits per heavy atom. The molecule has 1 aliphatic carbocycles. The van der Waals surface area contributed by atoms with E-state index in [1.54, 1.807) is 24.3 Å². The smallest absolute Gasteiger partial charge is 0.251 e. The number of amides is 2. The van der Waals surface area contributed by atoms with E-state index < -0.39 is 6.04 Å². The van der Waals surface area contributed by atoms with Crippen molar-refractivity contribution < 1.29 is 9.59 Å². The van der Waals surface area contributed by atoms with E-state index in [4.69, 9.17) is 0 Å². The summed E-state index contributed by atoms with van der Waals surface area (Å²) >= 11 is 0. The van der Waals surface area contributed by atoms with Gasteiger partial charge in [-0.3, -0.25) is 9.59 Å². The zero-order valence-corrected chi connectivity index (χ0v) is 17.7. The van der Waals surface area contributed by atoms with Crippen LogP contribution in [0.5, 0.6) is 0 Å². The Morgan fingerprint density at radius 2 is 1.90 bits per heavy atom. The van der Waals surface area contributed by atoms with Crippen molar-refractivity contribution in [1.29, 1.82) is 0 Å². The van der Waals surface area contributed by atoms with Crippen LogP contribution in [0.1, 0.15) is 49.5 Å². The molecule has 2 amide bonds. The molecule has 2 atom stereocenters. The highest BCUT2D eigenvalue weighted by Gasteiger charge is 2.29. The minimum atomic E-state index is -0.654. The van der Waals surface area contributed by atoms with Gasteiger partial charge in [-0.25, -0.2) is 4.68 Å². The fourth-order valence-electron chi connectivity index (χ4n) is 3.42. The van der Waals surface area contributed by atoms with Gasteiger partial charge in [0, 0.05) is 16.8 Å². The number of carbonyl (C=O) groups excluding carboxylic acids is 2. The monoisotopic (exact) mass is 418 g/mol. The van der Waals surface area contributed by atoms with E-state index in [0.717, 1.165) is 24.8 Å². The molecule has 2 N–H and O–H groups in total. The summed E-state index contributed by atoms with van der Waals surface area (Å²) in [6, 6.07) is 16.1. The van der Waals surface area contributed by atoms with Crippen LogP contribution >= 0.6 is 0 Å². The maximum absolute atomic E-state index is 13.1. The Labute approximate surface area is 181 Å². The van der Waals surface area contributed by atoms with Crippen LogP contribution < -0.4 is 10.6 Å². The van der Waals surface area contributed by atoms with Crippen LogP contribution in [0, 0.1) is 5.92 Å². The van der Waals surface area contributed by atoms with E-state index >= 15 is 0 Å². The highest BCUT2D eigenvalue weighted by atomic mass is 16.2. The van der Waals surface area contributed by atoms with Gasteiger partial charge in [0.05, 0.1) is 6.04 Å². The maximum Gasteiger partial charge on any atom is 0.251 e. The zero-order valence-electron chi connectivity index (χ0n) is 17.7. The number of benzene rings is 2. The number of aromatic nitrogens is 4. The fourth-order valence-corrected chi connectivity index (χ4v) is 3.42. The van der Waals surface area contributed by atoms with Gasteiger partial charge in [0.25, 0.3) is 5.91 Å². The second-order valence-electron chi connectivity index (χ2n) is 7.95. The van der Waals surface area contributed by atoms with Crippen LogP contribution in [0.15, 0.2) is 54.6 Å². The molecule has 160 valence electrons. The molecule has 0 saturated heterocycles. The Balaban J connectivity index is 1.50. The lowest BCUT2D eigenvalue weighted by atomic mass is 9.97. The third-order valence-corrected chi connectivity index (χ3v) is 5.59. The first kappa shape index (κ1) is 20.7. The lowest BCUT2D eigenvalue weighted by Crippen LogP contribution is -2.47. The number of rotatable bonds is 8. The van der Waals surface area contributed by atoms with Crippen molar-refractivity contribution in [2.45, 2.75) is 45.2 Å². The first-order valence-electron chi connectivity index (χ1n) is 10.6. The van der Waals surface area contributed by atoms with Gasteiger partial charge in [-0.2, -0.15) is 0 Å². The maximum atomic E-state index is 13.1. The van der Waals surface area contributed by atoms with E-state index in [1.165, 1.54) is 0 Å². The summed E-state index contributed by atoms with van der Waals surface area (Å²) in [5.74, 6) is 0.142. The molecule has 4 rings (SSSR count).